The number of nitrogens with zero attached hydrogens (tertiary/aromatic N) is 2. The molecule has 0 bridgehead atoms. The molecule has 0 spiro atoms. The van der Waals surface area contributed by atoms with E-state index in [0.717, 1.165) is 50.4 Å². The van der Waals surface area contributed by atoms with Crippen LogP contribution in [0.25, 0.3) is 0 Å². The Bertz CT molecular complexity index is 1160. The topological polar surface area (TPSA) is 80.8 Å². The van der Waals surface area contributed by atoms with Crippen LogP contribution in [-0.4, -0.2) is 43.1 Å². The van der Waals surface area contributed by atoms with Gasteiger partial charge in [-0.15, -0.1) is 0 Å². The monoisotopic (exact) mass is 537 g/mol. The predicted octanol–water partition coefficient (Wildman–Crippen LogP) is 5.73. The minimum atomic E-state index is -4.79. The zero-order chi connectivity index (χ0) is 27.4. The molecule has 0 atom stereocenters. The van der Waals surface area contributed by atoms with Crippen molar-refractivity contribution in [1.29, 1.82) is 0 Å². The summed E-state index contributed by atoms with van der Waals surface area (Å²) in [4.78, 5) is 31.8. The SMILES string of the molecule is COC(=O)c1cc(Oc2ncccc2C(F)(F)F)c(F)cc1N(C(=O)C1CCC(C)CC1)C1CCNCC1. The number of benzene rings is 1. The maximum atomic E-state index is 15.5. The van der Waals surface area contributed by atoms with Gasteiger partial charge in [0, 0.05) is 30.3 Å². The average Bonchev–Trinajstić information content (AvgIpc) is 2.90. The van der Waals surface area contributed by atoms with Gasteiger partial charge in [-0.3, -0.25) is 4.79 Å². The average molecular weight is 538 g/mol. The number of hydrogen-bond donors (Lipinski definition) is 1. The van der Waals surface area contributed by atoms with Gasteiger partial charge in [0.2, 0.25) is 11.8 Å². The second-order valence-corrected chi connectivity index (χ2v) is 9.89. The number of piperidine rings is 1. The molecule has 2 aliphatic rings. The molecule has 2 fully saturated rings. The van der Waals surface area contributed by atoms with Crippen molar-refractivity contribution in [2.45, 2.75) is 57.7 Å². The summed E-state index contributed by atoms with van der Waals surface area (Å²) in [5.74, 6) is -3.34. The predicted molar refractivity (Wildman–Crippen MR) is 132 cm³/mol. The maximum absolute atomic E-state index is 15.5. The lowest BCUT2D eigenvalue weighted by Crippen LogP contribution is -2.49. The first-order valence-corrected chi connectivity index (χ1v) is 12.8. The first kappa shape index (κ1) is 27.8. The number of esters is 1. The van der Waals surface area contributed by atoms with Crippen LogP contribution in [-0.2, 0) is 15.7 Å². The molecule has 2 heterocycles. The van der Waals surface area contributed by atoms with Crippen molar-refractivity contribution in [3.8, 4) is 11.6 Å². The molecule has 4 rings (SSSR count). The van der Waals surface area contributed by atoms with Crippen LogP contribution in [0.3, 0.4) is 0 Å². The standard InChI is InChI=1S/C27H31F4N3O4/c1-16-5-7-17(8-6-16)25(35)34(18-9-12-32-13-10-18)22-15-21(28)23(14-19(22)26(36)37-2)38-24-20(27(29,30)31)4-3-11-33-24/h3-4,11,14-18,32H,5-10,12-13H2,1-2H3. The molecule has 1 saturated carbocycles. The normalized spacial score (nSPS) is 20.6. The molecule has 7 nitrogen and oxygen atoms in total. The number of pyridine rings is 1. The van der Waals surface area contributed by atoms with Crippen molar-refractivity contribution in [1.82, 2.24) is 10.3 Å². The Balaban J connectivity index is 1.77. The van der Waals surface area contributed by atoms with Crippen LogP contribution in [0.4, 0.5) is 23.2 Å². The highest BCUT2D eigenvalue weighted by Gasteiger charge is 2.38. The van der Waals surface area contributed by atoms with E-state index < -0.39 is 35.2 Å². The van der Waals surface area contributed by atoms with Crippen molar-refractivity contribution in [3.63, 3.8) is 0 Å². The van der Waals surface area contributed by atoms with Crippen LogP contribution in [0, 0.1) is 17.7 Å². The number of halogens is 4. The lowest BCUT2D eigenvalue weighted by Gasteiger charge is -2.39. The number of ether oxygens (including phenoxy) is 2. The summed E-state index contributed by atoms with van der Waals surface area (Å²) >= 11 is 0. The van der Waals surface area contributed by atoms with Gasteiger partial charge in [-0.25, -0.2) is 14.2 Å². The van der Waals surface area contributed by atoms with E-state index in [4.69, 9.17) is 9.47 Å². The summed E-state index contributed by atoms with van der Waals surface area (Å²) in [5.41, 5.74) is -1.35. The molecule has 0 radical (unpaired) electrons. The minimum Gasteiger partial charge on any atom is -0.465 e. The first-order valence-electron chi connectivity index (χ1n) is 12.8. The Morgan fingerprint density at radius 1 is 1.08 bits per heavy atom. The van der Waals surface area contributed by atoms with Crippen molar-refractivity contribution >= 4 is 17.6 Å². The summed E-state index contributed by atoms with van der Waals surface area (Å²) in [7, 11) is 1.13. The van der Waals surface area contributed by atoms with Crippen molar-refractivity contribution in [3.05, 3.63) is 47.4 Å². The highest BCUT2D eigenvalue weighted by molar-refractivity contribution is 6.04. The number of carbonyl (C=O) groups excluding carboxylic acids is 2. The first-order chi connectivity index (χ1) is 18.1. The third-order valence-corrected chi connectivity index (χ3v) is 7.27. The Hall–Kier alpha value is -3.21. The fraction of sp³-hybridized carbons (Fsp3) is 0.519. The molecule has 1 aliphatic carbocycles. The minimum absolute atomic E-state index is 0.0225. The molecule has 2 aromatic rings. The number of carbonyl (C=O) groups is 2. The summed E-state index contributed by atoms with van der Waals surface area (Å²) in [6, 6.07) is 3.52. The fourth-order valence-corrected chi connectivity index (χ4v) is 5.15. The second kappa shape index (κ2) is 11.7. The van der Waals surface area contributed by atoms with E-state index in [9.17, 15) is 22.8 Å². The summed E-state index contributed by atoms with van der Waals surface area (Å²) in [6.45, 7) is 3.43. The number of amides is 1. The maximum Gasteiger partial charge on any atom is 0.421 e. The molecule has 1 amide bonds. The zero-order valence-corrected chi connectivity index (χ0v) is 21.3. The number of nitrogens with one attached hydrogen (secondary N) is 1. The van der Waals surface area contributed by atoms with E-state index in [1.807, 2.05) is 0 Å². The van der Waals surface area contributed by atoms with Crippen LogP contribution in [0.15, 0.2) is 30.5 Å². The third-order valence-electron chi connectivity index (χ3n) is 7.27. The van der Waals surface area contributed by atoms with E-state index in [1.165, 1.54) is 4.90 Å². The van der Waals surface area contributed by atoms with Gasteiger partial charge in [-0.2, -0.15) is 13.2 Å². The van der Waals surface area contributed by atoms with E-state index >= 15 is 4.39 Å². The van der Waals surface area contributed by atoms with Gasteiger partial charge in [0.1, 0.15) is 5.56 Å². The molecular weight excluding hydrogens is 506 g/mol. The largest absolute Gasteiger partial charge is 0.465 e. The molecule has 1 aromatic carbocycles. The third kappa shape index (κ3) is 6.09. The molecule has 11 heteroatoms. The second-order valence-electron chi connectivity index (χ2n) is 9.89. The van der Waals surface area contributed by atoms with Gasteiger partial charge in [-0.1, -0.05) is 6.92 Å². The Labute approximate surface area is 218 Å². The number of hydrogen-bond acceptors (Lipinski definition) is 6. The molecule has 1 N–H and O–H groups in total. The number of aromatic nitrogens is 1. The fourth-order valence-electron chi connectivity index (χ4n) is 5.15. The smallest absolute Gasteiger partial charge is 0.421 e. The number of methoxy groups -OCH3 is 1. The molecule has 0 unspecified atom stereocenters. The molecule has 1 aliphatic heterocycles. The van der Waals surface area contributed by atoms with Gasteiger partial charge in [0.25, 0.3) is 0 Å². The van der Waals surface area contributed by atoms with Crippen LogP contribution < -0.4 is 15.0 Å². The van der Waals surface area contributed by atoms with Gasteiger partial charge in [0.15, 0.2) is 11.6 Å². The lowest BCUT2D eigenvalue weighted by molar-refractivity contribution is -0.139. The van der Waals surface area contributed by atoms with E-state index in [2.05, 4.69) is 17.2 Å². The van der Waals surface area contributed by atoms with E-state index in [1.54, 1.807) is 0 Å². The quantitative estimate of drug-likeness (QED) is 0.375. The zero-order valence-electron chi connectivity index (χ0n) is 21.3. The van der Waals surface area contributed by atoms with E-state index in [0.29, 0.717) is 44.7 Å². The highest BCUT2D eigenvalue weighted by atomic mass is 19.4. The molecular formula is C27H31F4N3O4. The van der Waals surface area contributed by atoms with Crippen molar-refractivity contribution in [2.75, 3.05) is 25.1 Å². The van der Waals surface area contributed by atoms with Crippen molar-refractivity contribution in [2.24, 2.45) is 11.8 Å². The number of rotatable bonds is 6. The lowest BCUT2D eigenvalue weighted by atomic mass is 9.81. The summed E-state index contributed by atoms with van der Waals surface area (Å²) in [6.07, 6.45) is 0.662. The molecule has 38 heavy (non-hydrogen) atoms. The Morgan fingerprint density at radius 3 is 2.39 bits per heavy atom. The van der Waals surface area contributed by atoms with Gasteiger partial charge in [-0.05, 0) is 69.7 Å². The van der Waals surface area contributed by atoms with Crippen LogP contribution >= 0.6 is 0 Å². The molecule has 1 aromatic heterocycles. The Morgan fingerprint density at radius 2 is 1.76 bits per heavy atom. The van der Waals surface area contributed by atoms with E-state index in [-0.39, 0.29) is 29.1 Å². The highest BCUT2D eigenvalue weighted by Crippen LogP contribution is 2.40. The summed E-state index contributed by atoms with van der Waals surface area (Å²) in [5, 5.41) is 3.24. The van der Waals surface area contributed by atoms with Crippen LogP contribution in [0.5, 0.6) is 11.6 Å². The number of anilines is 1. The molecule has 206 valence electrons. The van der Waals surface area contributed by atoms with Crippen LogP contribution in [0.1, 0.15) is 61.4 Å². The number of alkyl halides is 3. The van der Waals surface area contributed by atoms with Gasteiger partial charge < -0.3 is 19.7 Å². The van der Waals surface area contributed by atoms with Gasteiger partial charge in [0.05, 0.1) is 18.4 Å². The Kier molecular flexibility index (Phi) is 8.54. The summed E-state index contributed by atoms with van der Waals surface area (Å²) < 4.78 is 65.9. The molecule has 1 saturated heterocycles. The van der Waals surface area contributed by atoms with Gasteiger partial charge >= 0.3 is 12.1 Å². The van der Waals surface area contributed by atoms with Crippen molar-refractivity contribution < 1.29 is 36.6 Å². The van der Waals surface area contributed by atoms with Crippen LogP contribution in [0.2, 0.25) is 0 Å².